The number of aryl methyl sites for hydroxylation is 1. The largest absolute Gasteiger partial charge is 0.385 e. The van der Waals surface area contributed by atoms with E-state index in [0.29, 0.717) is 26.0 Å². The standard InChI is InChI=1S/C11H18N4O3/c1-9-11(17,3-7-18-9)8-12-10(16)2-5-15-6-4-13-14-15/h4,6,9,17H,2-3,5,7-8H2,1H3,(H,12,16). The van der Waals surface area contributed by atoms with Crippen LogP contribution in [0.5, 0.6) is 0 Å². The van der Waals surface area contributed by atoms with Crippen LogP contribution in [0.1, 0.15) is 19.8 Å². The van der Waals surface area contributed by atoms with Crippen molar-refractivity contribution in [2.24, 2.45) is 0 Å². The van der Waals surface area contributed by atoms with Crippen LogP contribution in [0.3, 0.4) is 0 Å². The molecule has 1 fully saturated rings. The first-order chi connectivity index (χ1) is 8.60. The summed E-state index contributed by atoms with van der Waals surface area (Å²) in [6.45, 7) is 3.06. The molecule has 2 rings (SSSR count). The maximum absolute atomic E-state index is 11.6. The van der Waals surface area contributed by atoms with Gasteiger partial charge in [-0.1, -0.05) is 5.21 Å². The van der Waals surface area contributed by atoms with E-state index < -0.39 is 5.60 Å². The molecule has 0 aromatic carbocycles. The number of aromatic nitrogens is 3. The first-order valence-electron chi connectivity index (χ1n) is 6.05. The lowest BCUT2D eigenvalue weighted by Crippen LogP contribution is -2.47. The number of carbonyl (C=O) groups excluding carboxylic acids is 1. The van der Waals surface area contributed by atoms with Crippen LogP contribution >= 0.6 is 0 Å². The van der Waals surface area contributed by atoms with Crippen molar-refractivity contribution in [1.29, 1.82) is 0 Å². The zero-order chi connectivity index (χ0) is 13.0. The first kappa shape index (κ1) is 13.0. The monoisotopic (exact) mass is 254 g/mol. The molecule has 2 N–H and O–H groups in total. The number of rotatable bonds is 5. The number of amides is 1. The van der Waals surface area contributed by atoms with E-state index in [-0.39, 0.29) is 18.6 Å². The summed E-state index contributed by atoms with van der Waals surface area (Å²) in [5, 5.41) is 20.3. The zero-order valence-corrected chi connectivity index (χ0v) is 10.4. The van der Waals surface area contributed by atoms with Gasteiger partial charge >= 0.3 is 0 Å². The van der Waals surface area contributed by atoms with Gasteiger partial charge in [0, 0.05) is 32.2 Å². The summed E-state index contributed by atoms with van der Waals surface area (Å²) in [4.78, 5) is 11.6. The zero-order valence-electron chi connectivity index (χ0n) is 10.4. The maximum atomic E-state index is 11.6. The van der Waals surface area contributed by atoms with Gasteiger partial charge in [0.2, 0.25) is 5.91 Å². The summed E-state index contributed by atoms with van der Waals surface area (Å²) in [6.07, 6.45) is 3.89. The number of nitrogens with one attached hydrogen (secondary N) is 1. The van der Waals surface area contributed by atoms with Crippen LogP contribution in [0, 0.1) is 0 Å². The number of hydrogen-bond donors (Lipinski definition) is 2. The maximum Gasteiger partial charge on any atom is 0.221 e. The average molecular weight is 254 g/mol. The highest BCUT2D eigenvalue weighted by atomic mass is 16.5. The fourth-order valence-electron chi connectivity index (χ4n) is 1.91. The van der Waals surface area contributed by atoms with Gasteiger partial charge in [-0.15, -0.1) is 5.10 Å². The van der Waals surface area contributed by atoms with E-state index in [1.165, 1.54) is 0 Å². The van der Waals surface area contributed by atoms with Crippen LogP contribution in [0.2, 0.25) is 0 Å². The third-order valence-electron chi connectivity index (χ3n) is 3.29. The Kier molecular flexibility index (Phi) is 3.93. The third-order valence-corrected chi connectivity index (χ3v) is 3.29. The molecule has 7 heteroatoms. The summed E-state index contributed by atoms with van der Waals surface area (Å²) < 4.78 is 6.89. The topological polar surface area (TPSA) is 89.3 Å². The van der Waals surface area contributed by atoms with Crippen molar-refractivity contribution >= 4 is 5.91 Å². The fourth-order valence-corrected chi connectivity index (χ4v) is 1.91. The lowest BCUT2D eigenvalue weighted by molar-refractivity contribution is -0.123. The predicted octanol–water partition coefficient (Wildman–Crippen LogP) is -0.676. The van der Waals surface area contributed by atoms with Gasteiger partial charge in [-0.3, -0.25) is 9.48 Å². The van der Waals surface area contributed by atoms with Gasteiger partial charge in [-0.05, 0) is 6.92 Å². The molecule has 1 aromatic rings. The van der Waals surface area contributed by atoms with Crippen molar-refractivity contribution in [3.63, 3.8) is 0 Å². The summed E-state index contributed by atoms with van der Waals surface area (Å²) in [5.74, 6) is -0.113. The van der Waals surface area contributed by atoms with Crippen LogP contribution < -0.4 is 5.32 Å². The number of carbonyl (C=O) groups is 1. The Morgan fingerprint density at radius 2 is 2.56 bits per heavy atom. The van der Waals surface area contributed by atoms with Gasteiger partial charge in [-0.25, -0.2) is 0 Å². The third kappa shape index (κ3) is 3.05. The lowest BCUT2D eigenvalue weighted by Gasteiger charge is -2.26. The Bertz CT molecular complexity index is 395. The highest BCUT2D eigenvalue weighted by molar-refractivity contribution is 5.75. The van der Waals surface area contributed by atoms with E-state index in [4.69, 9.17) is 4.74 Å². The van der Waals surface area contributed by atoms with Crippen LogP contribution in [0.4, 0.5) is 0 Å². The second-order valence-corrected chi connectivity index (χ2v) is 4.56. The molecule has 0 radical (unpaired) electrons. The molecule has 0 aliphatic carbocycles. The molecule has 1 amide bonds. The minimum Gasteiger partial charge on any atom is -0.385 e. The molecule has 0 bridgehead atoms. The van der Waals surface area contributed by atoms with E-state index in [0.717, 1.165) is 0 Å². The van der Waals surface area contributed by atoms with Crippen molar-refractivity contribution in [3.05, 3.63) is 12.4 Å². The van der Waals surface area contributed by atoms with Gasteiger partial charge in [0.05, 0.1) is 18.8 Å². The molecule has 2 heterocycles. The molecule has 1 aromatic heterocycles. The average Bonchev–Trinajstić information content (AvgIpc) is 2.96. The predicted molar refractivity (Wildman–Crippen MR) is 62.6 cm³/mol. The second-order valence-electron chi connectivity index (χ2n) is 4.56. The number of ether oxygens (including phenoxy) is 1. The summed E-state index contributed by atoms with van der Waals surface area (Å²) in [7, 11) is 0. The SMILES string of the molecule is CC1OCCC1(O)CNC(=O)CCn1ccnn1. The number of nitrogens with zero attached hydrogens (tertiary/aromatic N) is 3. The molecule has 2 unspecified atom stereocenters. The Labute approximate surface area is 105 Å². The van der Waals surface area contributed by atoms with E-state index in [1.807, 2.05) is 6.92 Å². The van der Waals surface area contributed by atoms with Gasteiger partial charge in [0.15, 0.2) is 0 Å². The molecule has 1 aliphatic heterocycles. The van der Waals surface area contributed by atoms with Gasteiger partial charge in [0.25, 0.3) is 0 Å². The summed E-state index contributed by atoms with van der Waals surface area (Å²) in [6, 6.07) is 0. The second kappa shape index (κ2) is 5.45. The Hall–Kier alpha value is -1.47. The Morgan fingerprint density at radius 1 is 1.72 bits per heavy atom. The van der Waals surface area contributed by atoms with E-state index in [2.05, 4.69) is 15.6 Å². The van der Waals surface area contributed by atoms with Crippen LogP contribution in [0.25, 0.3) is 0 Å². The first-order valence-corrected chi connectivity index (χ1v) is 6.05. The fraction of sp³-hybridized carbons (Fsp3) is 0.727. The molecule has 0 saturated carbocycles. The quantitative estimate of drug-likeness (QED) is 0.727. The van der Waals surface area contributed by atoms with Gasteiger partial charge < -0.3 is 15.2 Å². The molecule has 100 valence electrons. The smallest absolute Gasteiger partial charge is 0.221 e. The molecule has 18 heavy (non-hydrogen) atoms. The van der Waals surface area contributed by atoms with Crippen molar-refractivity contribution < 1.29 is 14.6 Å². The molecule has 7 nitrogen and oxygen atoms in total. The highest BCUT2D eigenvalue weighted by Gasteiger charge is 2.39. The lowest BCUT2D eigenvalue weighted by atomic mass is 9.97. The van der Waals surface area contributed by atoms with E-state index in [9.17, 15) is 9.90 Å². The molecular formula is C11H18N4O3. The number of aliphatic hydroxyl groups is 1. The van der Waals surface area contributed by atoms with Crippen LogP contribution in [-0.4, -0.2) is 50.9 Å². The minimum absolute atomic E-state index is 0.113. The molecule has 1 aliphatic rings. The van der Waals surface area contributed by atoms with Gasteiger partial charge in [0.1, 0.15) is 5.60 Å². The molecule has 2 atom stereocenters. The van der Waals surface area contributed by atoms with Crippen LogP contribution in [-0.2, 0) is 16.1 Å². The minimum atomic E-state index is -0.942. The van der Waals surface area contributed by atoms with Crippen molar-refractivity contribution in [2.75, 3.05) is 13.2 Å². The Balaban J connectivity index is 1.71. The molecular weight excluding hydrogens is 236 g/mol. The van der Waals surface area contributed by atoms with E-state index in [1.54, 1.807) is 17.1 Å². The summed E-state index contributed by atoms with van der Waals surface area (Å²) >= 11 is 0. The van der Waals surface area contributed by atoms with Crippen molar-refractivity contribution in [1.82, 2.24) is 20.3 Å². The van der Waals surface area contributed by atoms with Crippen molar-refractivity contribution in [2.45, 2.75) is 38.0 Å². The van der Waals surface area contributed by atoms with Gasteiger partial charge in [-0.2, -0.15) is 0 Å². The van der Waals surface area contributed by atoms with Crippen LogP contribution in [0.15, 0.2) is 12.4 Å². The number of hydrogen-bond acceptors (Lipinski definition) is 5. The highest BCUT2D eigenvalue weighted by Crippen LogP contribution is 2.24. The normalized spacial score (nSPS) is 27.3. The summed E-state index contributed by atoms with van der Waals surface area (Å²) in [5.41, 5.74) is -0.942. The van der Waals surface area contributed by atoms with E-state index >= 15 is 0 Å². The molecule has 0 spiro atoms. The molecule has 1 saturated heterocycles. The van der Waals surface area contributed by atoms with Crippen molar-refractivity contribution in [3.8, 4) is 0 Å². The Morgan fingerprint density at radius 3 is 3.17 bits per heavy atom.